The van der Waals surface area contributed by atoms with Crippen LogP contribution in [0.1, 0.15) is 0 Å². The molecule has 0 saturated carbocycles. The van der Waals surface area contributed by atoms with E-state index in [4.69, 9.17) is 4.42 Å². The fraction of sp³-hybridized carbons (Fsp3) is 0. The molecule has 0 atom stereocenters. The van der Waals surface area contributed by atoms with Gasteiger partial charge < -0.3 is 13.9 Å². The standard InChI is InChI=1S/C62H40N2O/c1-3-15-41(16-4-1)42-29-31-45(32-30-42)51-39-40-57(60-54-23-10-12-28-58(54)65-62(51)60)63(56-27-13-18-46-34-33-43-17-7-8-21-49(43)59(46)56)48-37-35-44(36-38-48)50-24-14-25-53-52-22-9-11-26-55(52)64(61(50)53)47-19-5-2-6-20-47/h1-40H. The van der Waals surface area contributed by atoms with E-state index in [9.17, 15) is 0 Å². The highest BCUT2D eigenvalue weighted by molar-refractivity contribution is 6.21. The third-order valence-electron chi connectivity index (χ3n) is 13.2. The molecule has 65 heavy (non-hydrogen) atoms. The Balaban J connectivity index is 1.04. The Morgan fingerprint density at radius 2 is 0.923 bits per heavy atom. The number of rotatable bonds is 7. The Bertz CT molecular complexity index is 3920. The molecule has 0 unspecified atom stereocenters. The first kappa shape index (κ1) is 36.9. The maximum absolute atomic E-state index is 6.93. The van der Waals surface area contributed by atoms with Crippen LogP contribution in [0.3, 0.4) is 0 Å². The van der Waals surface area contributed by atoms with Gasteiger partial charge in [-0.2, -0.15) is 0 Å². The summed E-state index contributed by atoms with van der Waals surface area (Å²) >= 11 is 0. The van der Waals surface area contributed by atoms with Crippen molar-refractivity contribution in [3.05, 3.63) is 243 Å². The van der Waals surface area contributed by atoms with E-state index in [-0.39, 0.29) is 0 Å². The Hall–Kier alpha value is -8.66. The first-order chi connectivity index (χ1) is 32.3. The van der Waals surface area contributed by atoms with Crippen LogP contribution < -0.4 is 4.90 Å². The minimum absolute atomic E-state index is 0.859. The third-order valence-corrected chi connectivity index (χ3v) is 13.2. The van der Waals surface area contributed by atoms with Crippen molar-refractivity contribution in [1.82, 2.24) is 4.57 Å². The van der Waals surface area contributed by atoms with Gasteiger partial charge in [0, 0.05) is 44.0 Å². The Kier molecular flexibility index (Phi) is 8.53. The lowest BCUT2D eigenvalue weighted by Gasteiger charge is -2.28. The lowest BCUT2D eigenvalue weighted by atomic mass is 9.96. The normalized spacial score (nSPS) is 11.7. The van der Waals surface area contributed by atoms with Gasteiger partial charge >= 0.3 is 0 Å². The average molecular weight is 829 g/mol. The van der Waals surface area contributed by atoms with Crippen LogP contribution in [-0.2, 0) is 0 Å². The lowest BCUT2D eigenvalue weighted by molar-refractivity contribution is 0.670. The molecule has 304 valence electrons. The minimum Gasteiger partial charge on any atom is -0.455 e. The van der Waals surface area contributed by atoms with Crippen molar-refractivity contribution in [1.29, 1.82) is 0 Å². The molecule has 2 heterocycles. The summed E-state index contributed by atoms with van der Waals surface area (Å²) in [4.78, 5) is 2.45. The van der Waals surface area contributed by atoms with Crippen molar-refractivity contribution in [2.75, 3.05) is 4.90 Å². The van der Waals surface area contributed by atoms with Crippen molar-refractivity contribution in [3.8, 4) is 39.1 Å². The monoisotopic (exact) mass is 828 g/mol. The Labute approximate surface area is 376 Å². The van der Waals surface area contributed by atoms with Gasteiger partial charge in [0.25, 0.3) is 0 Å². The van der Waals surface area contributed by atoms with Gasteiger partial charge in [0.1, 0.15) is 11.2 Å². The highest BCUT2D eigenvalue weighted by Gasteiger charge is 2.25. The van der Waals surface area contributed by atoms with Crippen LogP contribution in [0.4, 0.5) is 17.1 Å². The number of para-hydroxylation sites is 4. The molecule has 13 rings (SSSR count). The van der Waals surface area contributed by atoms with Crippen LogP contribution in [0.15, 0.2) is 247 Å². The highest BCUT2D eigenvalue weighted by atomic mass is 16.3. The molecule has 0 bridgehead atoms. The SMILES string of the molecule is c1ccc(-c2ccc(-c3ccc(N(c4ccc(-c5cccc6c7ccccc7n(-c7ccccc7)c56)cc4)c4cccc5ccc6ccccc6c45)c4c3oc3ccccc34)cc2)cc1. The third kappa shape index (κ3) is 5.97. The van der Waals surface area contributed by atoms with Crippen LogP contribution in [0.25, 0.3) is 104 Å². The molecule has 0 N–H and O–H groups in total. The molecule has 0 saturated heterocycles. The fourth-order valence-corrected chi connectivity index (χ4v) is 10.2. The second-order valence-electron chi connectivity index (χ2n) is 16.8. The largest absolute Gasteiger partial charge is 0.455 e. The van der Waals surface area contributed by atoms with Crippen molar-refractivity contribution in [2.24, 2.45) is 0 Å². The molecule has 11 aromatic carbocycles. The summed E-state index contributed by atoms with van der Waals surface area (Å²) in [5, 5.41) is 9.44. The van der Waals surface area contributed by atoms with Gasteiger partial charge in [-0.3, -0.25) is 0 Å². The smallest absolute Gasteiger partial charge is 0.145 e. The summed E-state index contributed by atoms with van der Waals surface area (Å²) < 4.78 is 9.35. The molecule has 3 nitrogen and oxygen atoms in total. The molecule has 0 amide bonds. The molecule has 2 aromatic heterocycles. The lowest BCUT2D eigenvalue weighted by Crippen LogP contribution is -2.11. The number of anilines is 3. The van der Waals surface area contributed by atoms with Gasteiger partial charge in [-0.1, -0.05) is 188 Å². The minimum atomic E-state index is 0.859. The summed E-state index contributed by atoms with van der Waals surface area (Å²) in [5.74, 6) is 0. The van der Waals surface area contributed by atoms with Crippen LogP contribution in [0.2, 0.25) is 0 Å². The van der Waals surface area contributed by atoms with Gasteiger partial charge in [-0.25, -0.2) is 0 Å². The van der Waals surface area contributed by atoms with Crippen LogP contribution in [-0.4, -0.2) is 4.57 Å². The Morgan fingerprint density at radius 1 is 0.338 bits per heavy atom. The van der Waals surface area contributed by atoms with E-state index in [0.29, 0.717) is 0 Å². The van der Waals surface area contributed by atoms with Crippen molar-refractivity contribution in [2.45, 2.75) is 0 Å². The number of hydrogen-bond acceptors (Lipinski definition) is 2. The maximum atomic E-state index is 6.93. The summed E-state index contributed by atoms with van der Waals surface area (Å²) in [7, 11) is 0. The van der Waals surface area contributed by atoms with E-state index in [1.807, 2.05) is 0 Å². The van der Waals surface area contributed by atoms with E-state index < -0.39 is 0 Å². The number of nitrogens with zero attached hydrogens (tertiary/aromatic N) is 2. The number of hydrogen-bond donors (Lipinski definition) is 0. The van der Waals surface area contributed by atoms with Crippen LogP contribution >= 0.6 is 0 Å². The molecule has 0 aliphatic heterocycles. The molecule has 0 radical (unpaired) electrons. The van der Waals surface area contributed by atoms with Crippen molar-refractivity contribution in [3.63, 3.8) is 0 Å². The second kappa shape index (κ2) is 15.0. The molecule has 0 fully saturated rings. The second-order valence-corrected chi connectivity index (χ2v) is 16.8. The molecule has 3 heteroatoms. The predicted molar refractivity (Wildman–Crippen MR) is 274 cm³/mol. The molecule has 13 aromatic rings. The average Bonchev–Trinajstić information content (AvgIpc) is 3.94. The zero-order chi connectivity index (χ0) is 42.8. The first-order valence-corrected chi connectivity index (χ1v) is 22.3. The van der Waals surface area contributed by atoms with E-state index >= 15 is 0 Å². The zero-order valence-electron chi connectivity index (χ0n) is 35.4. The summed E-state index contributed by atoms with van der Waals surface area (Å²) in [5.41, 5.74) is 15.3. The molecule has 0 aliphatic rings. The van der Waals surface area contributed by atoms with Crippen LogP contribution in [0.5, 0.6) is 0 Å². The quantitative estimate of drug-likeness (QED) is 0.149. The van der Waals surface area contributed by atoms with E-state index in [2.05, 4.69) is 252 Å². The maximum Gasteiger partial charge on any atom is 0.145 e. The number of benzene rings is 11. The van der Waals surface area contributed by atoms with Gasteiger partial charge in [0.2, 0.25) is 0 Å². The summed E-state index contributed by atoms with van der Waals surface area (Å²) in [6.45, 7) is 0. The molecule has 0 aliphatic carbocycles. The van der Waals surface area contributed by atoms with E-state index in [1.165, 1.54) is 60.0 Å². The number of aromatic nitrogens is 1. The van der Waals surface area contributed by atoms with Gasteiger partial charge in [-0.05, 0) is 93.0 Å². The molecular formula is C62H40N2O. The molecule has 0 spiro atoms. The first-order valence-electron chi connectivity index (χ1n) is 22.3. The van der Waals surface area contributed by atoms with Gasteiger partial charge in [0.05, 0.1) is 27.8 Å². The Morgan fingerprint density at radius 3 is 1.75 bits per heavy atom. The van der Waals surface area contributed by atoms with Crippen molar-refractivity contribution >= 4 is 82.4 Å². The van der Waals surface area contributed by atoms with Gasteiger partial charge in [0.15, 0.2) is 0 Å². The van der Waals surface area contributed by atoms with E-state index in [1.54, 1.807) is 0 Å². The van der Waals surface area contributed by atoms with Crippen molar-refractivity contribution < 1.29 is 4.42 Å². The van der Waals surface area contributed by atoms with Crippen LogP contribution in [0, 0.1) is 0 Å². The summed E-state index contributed by atoms with van der Waals surface area (Å²) in [6.07, 6.45) is 0. The molecular weight excluding hydrogens is 789 g/mol. The number of fused-ring (bicyclic) bond motifs is 9. The summed E-state index contributed by atoms with van der Waals surface area (Å²) in [6, 6.07) is 87.6. The highest BCUT2D eigenvalue weighted by Crippen LogP contribution is 2.49. The topological polar surface area (TPSA) is 21.3 Å². The zero-order valence-corrected chi connectivity index (χ0v) is 35.4. The predicted octanol–water partition coefficient (Wildman–Crippen LogP) is 17.5. The van der Waals surface area contributed by atoms with Gasteiger partial charge in [-0.15, -0.1) is 0 Å². The number of furan rings is 1. The fourth-order valence-electron chi connectivity index (χ4n) is 10.2. The van der Waals surface area contributed by atoms with E-state index in [0.717, 1.165) is 61.4 Å².